The second-order valence-corrected chi connectivity index (χ2v) is 6.23. The quantitative estimate of drug-likeness (QED) is 0.877. The van der Waals surface area contributed by atoms with Crippen molar-refractivity contribution in [3.05, 3.63) is 56.8 Å². The van der Waals surface area contributed by atoms with Gasteiger partial charge in [-0.25, -0.2) is 8.42 Å². The van der Waals surface area contributed by atoms with Crippen LogP contribution >= 0.6 is 11.6 Å². The molecule has 0 saturated carbocycles. The van der Waals surface area contributed by atoms with Gasteiger partial charge in [0.15, 0.2) is 0 Å². The third kappa shape index (κ3) is 4.05. The highest BCUT2D eigenvalue weighted by Crippen LogP contribution is 2.10. The molecule has 0 aliphatic heterocycles. The zero-order valence-electron chi connectivity index (χ0n) is 10.5. The average molecular weight is 325 g/mol. The largest absolute Gasteiger partial charge is 0.286 e. The Labute approximate surface area is 125 Å². The second kappa shape index (κ2) is 5.95. The van der Waals surface area contributed by atoms with Crippen LogP contribution in [-0.2, 0) is 15.8 Å². The van der Waals surface area contributed by atoms with Gasteiger partial charge in [-0.2, -0.15) is 10.4 Å². The van der Waals surface area contributed by atoms with Crippen molar-refractivity contribution < 1.29 is 8.42 Å². The van der Waals surface area contributed by atoms with Crippen molar-refractivity contribution >= 4 is 27.4 Å². The van der Waals surface area contributed by atoms with Crippen LogP contribution in [0.2, 0.25) is 5.15 Å². The van der Waals surface area contributed by atoms with Crippen LogP contribution in [-0.4, -0.2) is 18.6 Å². The molecule has 2 rings (SSSR count). The van der Waals surface area contributed by atoms with Crippen LogP contribution in [0.25, 0.3) is 0 Å². The van der Waals surface area contributed by atoms with Gasteiger partial charge in [-0.3, -0.25) is 14.6 Å². The number of nitriles is 1. The summed E-state index contributed by atoms with van der Waals surface area (Å²) in [5.41, 5.74) is 0.272. The number of rotatable bonds is 4. The lowest BCUT2D eigenvalue weighted by atomic mass is 10.2. The lowest BCUT2D eigenvalue weighted by Gasteiger charge is -2.06. The summed E-state index contributed by atoms with van der Waals surface area (Å²) in [5, 5.41) is 14.5. The van der Waals surface area contributed by atoms with E-state index in [2.05, 4.69) is 14.9 Å². The number of halogens is 1. The number of hydrogen-bond acceptors (Lipinski definition) is 5. The molecule has 21 heavy (non-hydrogen) atoms. The Morgan fingerprint density at radius 3 is 2.57 bits per heavy atom. The monoisotopic (exact) mass is 324 g/mol. The smallest absolute Gasteiger partial charge is 0.238 e. The topological polar surface area (TPSA) is 116 Å². The van der Waals surface area contributed by atoms with Crippen molar-refractivity contribution in [1.29, 1.82) is 5.26 Å². The molecule has 1 aromatic heterocycles. The van der Waals surface area contributed by atoms with E-state index in [9.17, 15) is 13.2 Å². The Morgan fingerprint density at radius 1 is 1.33 bits per heavy atom. The summed E-state index contributed by atoms with van der Waals surface area (Å²) in [7, 11) is -3.80. The van der Waals surface area contributed by atoms with E-state index in [0.29, 0.717) is 11.1 Å². The molecular formula is C12H9ClN4O3S. The first-order valence-electron chi connectivity index (χ1n) is 5.64. The molecule has 2 N–H and O–H groups in total. The Kier molecular flexibility index (Phi) is 4.26. The predicted octanol–water partition coefficient (Wildman–Crippen LogP) is 1.24. The standard InChI is InChI=1S/C12H9ClN4O3S/c13-11-5-10(18)12(16-15-11)17-21(19,20)7-9-3-1-8(6-14)2-4-9/h1-5H,7H2,(H,15,18)(H,16,17). The molecule has 0 atom stereocenters. The van der Waals surface area contributed by atoms with E-state index in [0.717, 1.165) is 6.07 Å². The van der Waals surface area contributed by atoms with E-state index >= 15 is 0 Å². The molecule has 0 radical (unpaired) electrons. The first-order chi connectivity index (χ1) is 9.89. The summed E-state index contributed by atoms with van der Waals surface area (Å²) in [6, 6.07) is 9.03. The minimum atomic E-state index is -3.80. The molecule has 0 aliphatic rings. The van der Waals surface area contributed by atoms with Gasteiger partial charge in [0.25, 0.3) is 0 Å². The van der Waals surface area contributed by atoms with Crippen molar-refractivity contribution in [1.82, 2.24) is 10.2 Å². The maximum Gasteiger partial charge on any atom is 0.238 e. The number of benzene rings is 1. The van der Waals surface area contributed by atoms with Gasteiger partial charge >= 0.3 is 0 Å². The van der Waals surface area contributed by atoms with Crippen molar-refractivity contribution in [3.63, 3.8) is 0 Å². The number of hydrogen-bond donors (Lipinski definition) is 2. The molecule has 1 aromatic carbocycles. The average Bonchev–Trinajstić information content (AvgIpc) is 2.42. The van der Waals surface area contributed by atoms with Gasteiger partial charge in [0.05, 0.1) is 17.4 Å². The van der Waals surface area contributed by atoms with Crippen LogP contribution in [0.1, 0.15) is 11.1 Å². The number of nitrogens with one attached hydrogen (secondary N) is 2. The SMILES string of the molecule is N#Cc1ccc(CS(=O)(=O)Nc2n[nH]c(Cl)cc2=O)cc1. The number of anilines is 1. The van der Waals surface area contributed by atoms with Gasteiger partial charge in [0.1, 0.15) is 5.15 Å². The lowest BCUT2D eigenvalue weighted by Crippen LogP contribution is -2.21. The Hall–Kier alpha value is -2.37. The molecule has 0 spiro atoms. The molecule has 0 aliphatic carbocycles. The number of aromatic nitrogens is 2. The zero-order chi connectivity index (χ0) is 15.5. The Bertz CT molecular complexity index is 853. The van der Waals surface area contributed by atoms with E-state index in [1.165, 1.54) is 24.3 Å². The van der Waals surface area contributed by atoms with Gasteiger partial charge in [0.2, 0.25) is 21.3 Å². The predicted molar refractivity (Wildman–Crippen MR) is 77.3 cm³/mol. The highest BCUT2D eigenvalue weighted by Gasteiger charge is 2.15. The first kappa shape index (κ1) is 15.0. The molecule has 0 amide bonds. The molecule has 0 unspecified atom stereocenters. The molecule has 1 heterocycles. The minimum Gasteiger partial charge on any atom is -0.286 e. The van der Waals surface area contributed by atoms with Gasteiger partial charge in [-0.05, 0) is 17.7 Å². The second-order valence-electron chi connectivity index (χ2n) is 4.10. The van der Waals surface area contributed by atoms with Gasteiger partial charge in [-0.15, -0.1) is 0 Å². The Morgan fingerprint density at radius 2 is 2.00 bits per heavy atom. The number of H-pyrrole nitrogens is 1. The normalized spacial score (nSPS) is 10.9. The van der Waals surface area contributed by atoms with Crippen molar-refractivity contribution in [2.45, 2.75) is 5.75 Å². The van der Waals surface area contributed by atoms with Crippen molar-refractivity contribution in [2.75, 3.05) is 4.72 Å². The van der Waals surface area contributed by atoms with Crippen LogP contribution in [0.3, 0.4) is 0 Å². The first-order valence-corrected chi connectivity index (χ1v) is 7.67. The van der Waals surface area contributed by atoms with Crippen LogP contribution in [0, 0.1) is 11.3 Å². The molecule has 9 heteroatoms. The summed E-state index contributed by atoms with van der Waals surface area (Å²) in [5.74, 6) is -0.698. The lowest BCUT2D eigenvalue weighted by molar-refractivity contribution is 0.600. The van der Waals surface area contributed by atoms with E-state index in [-0.39, 0.29) is 16.7 Å². The third-order valence-corrected chi connectivity index (χ3v) is 3.87. The molecule has 108 valence electrons. The summed E-state index contributed by atoms with van der Waals surface area (Å²) in [4.78, 5) is 11.5. The molecule has 0 saturated heterocycles. The summed E-state index contributed by atoms with van der Waals surface area (Å²) < 4.78 is 26.0. The van der Waals surface area contributed by atoms with Crippen molar-refractivity contribution in [3.8, 4) is 6.07 Å². The number of aromatic amines is 1. The number of nitrogens with zero attached hydrogens (tertiary/aromatic N) is 2. The molecule has 7 nitrogen and oxygen atoms in total. The zero-order valence-corrected chi connectivity index (χ0v) is 12.1. The summed E-state index contributed by atoms with van der Waals surface area (Å²) >= 11 is 5.52. The summed E-state index contributed by atoms with van der Waals surface area (Å²) in [6.07, 6.45) is 0. The van der Waals surface area contributed by atoms with Crippen LogP contribution in [0.4, 0.5) is 5.82 Å². The molecule has 2 aromatic rings. The molecule has 0 fully saturated rings. The van der Waals surface area contributed by atoms with E-state index in [1.807, 2.05) is 6.07 Å². The van der Waals surface area contributed by atoms with Crippen LogP contribution < -0.4 is 10.2 Å². The maximum absolute atomic E-state index is 12.0. The van der Waals surface area contributed by atoms with Crippen LogP contribution in [0.5, 0.6) is 0 Å². The van der Waals surface area contributed by atoms with Crippen molar-refractivity contribution in [2.24, 2.45) is 0 Å². The molecule has 0 bridgehead atoms. The fourth-order valence-corrected chi connectivity index (χ4v) is 2.82. The fraction of sp³-hybridized carbons (Fsp3) is 0.0833. The van der Waals surface area contributed by atoms with Crippen LogP contribution in [0.15, 0.2) is 35.1 Å². The Balaban J connectivity index is 2.18. The molecular weight excluding hydrogens is 316 g/mol. The maximum atomic E-state index is 12.0. The van der Waals surface area contributed by atoms with E-state index in [1.54, 1.807) is 0 Å². The van der Waals surface area contributed by atoms with Gasteiger partial charge < -0.3 is 0 Å². The van der Waals surface area contributed by atoms with E-state index in [4.69, 9.17) is 16.9 Å². The summed E-state index contributed by atoms with van der Waals surface area (Å²) in [6.45, 7) is 0. The minimum absolute atomic E-state index is 0.00930. The van der Waals surface area contributed by atoms with Gasteiger partial charge in [0, 0.05) is 6.07 Å². The fourth-order valence-electron chi connectivity index (χ4n) is 1.53. The van der Waals surface area contributed by atoms with E-state index < -0.39 is 15.5 Å². The highest BCUT2D eigenvalue weighted by molar-refractivity contribution is 7.91. The van der Waals surface area contributed by atoms with Gasteiger partial charge in [-0.1, -0.05) is 23.7 Å². The number of sulfonamides is 1. The highest BCUT2D eigenvalue weighted by atomic mass is 35.5. The third-order valence-electron chi connectivity index (χ3n) is 2.46.